The number of hydrogen-bond donors (Lipinski definition) is 0. The molecule has 0 aromatic carbocycles. The summed E-state index contributed by atoms with van der Waals surface area (Å²) in [4.78, 5) is 0. The topological polar surface area (TPSA) is 83.1 Å². The molecule has 10 heteroatoms. The molecule has 0 atom stereocenters. The standard InChI is InChI=1S/C20H44N2O3PSi4/c1-27(2,3)19(17-21,28(4,5)6)13-15-24-26(23)25-16-14-20(18-22,29(7,8)9)30(10,11)12/h13-16H2,1-12H3/q+1. The molecule has 0 saturated heterocycles. The second kappa shape index (κ2) is 10.2. The quantitative estimate of drug-likeness (QED) is 0.204. The van der Waals surface area contributed by atoms with Crippen molar-refractivity contribution in [3.8, 4) is 12.1 Å². The summed E-state index contributed by atoms with van der Waals surface area (Å²) in [6.07, 6.45) is 1.21. The van der Waals surface area contributed by atoms with E-state index < -0.39 is 40.6 Å². The van der Waals surface area contributed by atoms with Gasteiger partial charge in [-0.05, 0) is 12.8 Å². The van der Waals surface area contributed by atoms with E-state index in [1.54, 1.807) is 0 Å². The number of hydrogen-bond acceptors (Lipinski definition) is 5. The van der Waals surface area contributed by atoms with Crippen molar-refractivity contribution in [3.05, 3.63) is 0 Å². The van der Waals surface area contributed by atoms with Gasteiger partial charge in [0.05, 0.1) is 44.4 Å². The van der Waals surface area contributed by atoms with E-state index >= 15 is 0 Å². The Morgan fingerprint density at radius 1 is 0.633 bits per heavy atom. The zero-order valence-electron chi connectivity index (χ0n) is 21.4. The average Bonchev–Trinajstić information content (AvgIpc) is 2.50. The minimum atomic E-state index is -2.25. The summed E-state index contributed by atoms with van der Waals surface area (Å²) in [6.45, 7) is 27.4. The lowest BCUT2D eigenvalue weighted by Crippen LogP contribution is -2.54. The molecule has 30 heavy (non-hydrogen) atoms. The van der Waals surface area contributed by atoms with E-state index in [9.17, 15) is 15.1 Å². The first-order valence-corrected chi connectivity index (χ1v) is 25.9. The van der Waals surface area contributed by atoms with Gasteiger partial charge < -0.3 is 0 Å². The predicted molar refractivity (Wildman–Crippen MR) is 139 cm³/mol. The highest BCUT2D eigenvalue weighted by Gasteiger charge is 2.54. The fourth-order valence-corrected chi connectivity index (χ4v) is 28.4. The van der Waals surface area contributed by atoms with Crippen LogP contribution in [-0.2, 0) is 13.6 Å². The molecule has 0 bridgehead atoms. The first kappa shape index (κ1) is 29.9. The Kier molecular flexibility index (Phi) is 10.2. The lowest BCUT2D eigenvalue weighted by molar-refractivity contribution is 0.218. The first-order valence-electron chi connectivity index (χ1n) is 10.8. The molecule has 0 heterocycles. The smallest absolute Gasteiger partial charge is 0.198 e. The Bertz CT molecular complexity index is 604. The van der Waals surface area contributed by atoms with Gasteiger partial charge in [0.1, 0.15) is 13.2 Å². The van der Waals surface area contributed by atoms with Gasteiger partial charge in [-0.25, -0.2) is 0 Å². The predicted octanol–water partition coefficient (Wildman–Crippen LogP) is 7.42. The van der Waals surface area contributed by atoms with Gasteiger partial charge in [-0.2, -0.15) is 10.5 Å². The van der Waals surface area contributed by atoms with Gasteiger partial charge in [-0.15, -0.1) is 9.05 Å². The molecule has 0 rings (SSSR count). The van der Waals surface area contributed by atoms with Gasteiger partial charge in [0, 0.05) is 13.9 Å². The third-order valence-electron chi connectivity index (χ3n) is 6.85. The van der Waals surface area contributed by atoms with Crippen LogP contribution in [-0.4, -0.2) is 45.5 Å². The van der Waals surface area contributed by atoms with Crippen molar-refractivity contribution in [1.82, 2.24) is 0 Å². The zero-order valence-corrected chi connectivity index (χ0v) is 26.3. The van der Waals surface area contributed by atoms with E-state index in [4.69, 9.17) is 9.05 Å². The molecule has 0 unspecified atom stereocenters. The third kappa shape index (κ3) is 6.45. The Morgan fingerprint density at radius 2 is 0.867 bits per heavy atom. The largest absolute Gasteiger partial charge is 0.697 e. The summed E-state index contributed by atoms with van der Waals surface area (Å²) in [7, 11) is -9.38. The van der Waals surface area contributed by atoms with Crippen LogP contribution >= 0.6 is 8.25 Å². The van der Waals surface area contributed by atoms with Crippen LogP contribution in [0.25, 0.3) is 0 Å². The number of nitriles is 2. The molecule has 0 aliphatic carbocycles. The van der Waals surface area contributed by atoms with Crippen molar-refractivity contribution in [2.75, 3.05) is 13.2 Å². The SMILES string of the molecule is C[Si](C)(C)C(C#N)(CCO[P+](=O)OCCC(C#N)([Si](C)(C)C)[Si](C)(C)C)[Si](C)(C)C. The molecule has 172 valence electrons. The molecule has 0 fully saturated rings. The Hall–Kier alpha value is -0.132. The summed E-state index contributed by atoms with van der Waals surface area (Å²) < 4.78 is 22.7. The average molecular weight is 504 g/mol. The Labute approximate surface area is 190 Å². The number of rotatable bonds is 12. The maximum absolute atomic E-state index is 12.4. The lowest BCUT2D eigenvalue weighted by atomic mass is 10.3. The Morgan fingerprint density at radius 3 is 1.03 bits per heavy atom. The van der Waals surface area contributed by atoms with Crippen LogP contribution in [0.3, 0.4) is 0 Å². The van der Waals surface area contributed by atoms with Gasteiger partial charge in [-0.1, -0.05) is 78.6 Å². The van der Waals surface area contributed by atoms with Crippen LogP contribution in [0.5, 0.6) is 0 Å². The third-order valence-corrected chi connectivity index (χ3v) is 28.3. The van der Waals surface area contributed by atoms with Gasteiger partial charge in [0.2, 0.25) is 0 Å². The summed E-state index contributed by atoms with van der Waals surface area (Å²) >= 11 is 0. The molecule has 0 N–H and O–H groups in total. The molecule has 5 nitrogen and oxygen atoms in total. The highest BCUT2D eigenvalue weighted by molar-refractivity contribution is 7.33. The molecule has 0 aromatic heterocycles. The summed E-state index contributed by atoms with van der Waals surface area (Å²) in [6, 6.07) is 5.31. The van der Waals surface area contributed by atoms with Crippen molar-refractivity contribution in [3.63, 3.8) is 0 Å². The molecule has 0 amide bonds. The van der Waals surface area contributed by atoms with Gasteiger partial charge in [0.15, 0.2) is 0 Å². The van der Waals surface area contributed by atoms with E-state index in [1.807, 2.05) is 0 Å². The molecule has 0 aliphatic heterocycles. The van der Waals surface area contributed by atoms with E-state index in [1.165, 1.54) is 0 Å². The fourth-order valence-electron chi connectivity index (χ4n) is 5.12. The van der Waals surface area contributed by atoms with Crippen molar-refractivity contribution in [2.45, 2.75) is 101 Å². The normalized spacial score (nSPS) is 14.2. The monoisotopic (exact) mass is 503 g/mol. The number of nitrogens with zero attached hydrogens (tertiary/aromatic N) is 2. The molecular formula is C20H44N2O3PSi4+. The van der Waals surface area contributed by atoms with Crippen molar-refractivity contribution < 1.29 is 13.6 Å². The minimum absolute atomic E-state index is 0.267. The van der Waals surface area contributed by atoms with Crippen molar-refractivity contribution in [1.29, 1.82) is 10.5 Å². The van der Waals surface area contributed by atoms with Crippen LogP contribution in [0.15, 0.2) is 0 Å². The summed E-state index contributed by atoms with van der Waals surface area (Å²) in [5.41, 5.74) is 0. The van der Waals surface area contributed by atoms with Crippen LogP contribution in [0.2, 0.25) is 87.9 Å². The van der Waals surface area contributed by atoms with E-state index in [-0.39, 0.29) is 22.5 Å². The first-order chi connectivity index (χ1) is 13.2. The minimum Gasteiger partial charge on any atom is -0.198 e. The second-order valence-electron chi connectivity index (χ2n) is 12.4. The molecule has 0 radical (unpaired) electrons. The highest BCUT2D eigenvalue weighted by atomic mass is 31.1. The van der Waals surface area contributed by atoms with E-state index in [0.717, 1.165) is 0 Å². The van der Waals surface area contributed by atoms with Gasteiger partial charge in [-0.3, -0.25) is 0 Å². The van der Waals surface area contributed by atoms with E-state index in [2.05, 4.69) is 90.7 Å². The molecule has 0 saturated carbocycles. The molecular weight excluding hydrogens is 460 g/mol. The van der Waals surface area contributed by atoms with E-state index in [0.29, 0.717) is 12.8 Å². The van der Waals surface area contributed by atoms with Crippen molar-refractivity contribution >= 4 is 40.6 Å². The lowest BCUT2D eigenvalue weighted by Gasteiger charge is -2.46. The van der Waals surface area contributed by atoms with Gasteiger partial charge in [0.25, 0.3) is 0 Å². The Balaban J connectivity index is 5.08. The van der Waals surface area contributed by atoms with Crippen molar-refractivity contribution in [2.24, 2.45) is 0 Å². The van der Waals surface area contributed by atoms with Crippen LogP contribution in [0.4, 0.5) is 0 Å². The molecule has 0 aromatic rings. The molecule has 0 spiro atoms. The van der Waals surface area contributed by atoms with Crippen LogP contribution in [0.1, 0.15) is 12.8 Å². The van der Waals surface area contributed by atoms with Crippen LogP contribution in [0, 0.1) is 22.7 Å². The van der Waals surface area contributed by atoms with Gasteiger partial charge >= 0.3 is 8.25 Å². The highest BCUT2D eigenvalue weighted by Crippen LogP contribution is 2.51. The summed E-state index contributed by atoms with van der Waals surface area (Å²) in [5.74, 6) is 0. The maximum atomic E-state index is 12.4. The maximum Gasteiger partial charge on any atom is 0.697 e. The summed E-state index contributed by atoms with van der Waals surface area (Å²) in [5, 5.41) is 20.1. The zero-order chi connectivity index (χ0) is 24.2. The molecule has 0 aliphatic rings. The fraction of sp³-hybridized carbons (Fsp3) is 0.900. The van der Waals surface area contributed by atoms with Crippen LogP contribution < -0.4 is 0 Å². The second-order valence-corrected chi connectivity index (χ2v) is 35.8.